The minimum absolute atomic E-state index is 0.525. The molecule has 1 nitrogen and oxygen atoms in total. The maximum atomic E-state index is 4.07. The Morgan fingerprint density at radius 2 is 1.76 bits per heavy atom. The summed E-state index contributed by atoms with van der Waals surface area (Å²) in [7, 11) is 0. The molecule has 3 atom stereocenters. The molecule has 2 aliphatic carbocycles. The topological polar surface area (TPSA) is 12.0 Å². The fourth-order valence-corrected chi connectivity index (χ4v) is 5.92. The smallest absolute Gasteiger partial charge is 0.0177 e. The highest BCUT2D eigenvalue weighted by atomic mass is 32.2. The van der Waals surface area contributed by atoms with Crippen LogP contribution in [0.2, 0.25) is 0 Å². The minimum atomic E-state index is 0.525. The van der Waals surface area contributed by atoms with E-state index in [0.717, 1.165) is 18.0 Å². The largest absolute Gasteiger partial charge is 0.310 e. The van der Waals surface area contributed by atoms with Crippen LogP contribution in [0.3, 0.4) is 0 Å². The lowest BCUT2D eigenvalue weighted by Crippen LogP contribution is -2.54. The van der Waals surface area contributed by atoms with Gasteiger partial charge in [0.05, 0.1) is 0 Å². The molecule has 1 unspecified atom stereocenters. The summed E-state index contributed by atoms with van der Waals surface area (Å²) < 4.78 is 0. The standard InChI is InChI=1S/C15H27NS/c1-14(2)11-4-7-15(3,10-11)13(14)16-12-5-8-17-9-6-12/h11-13,16H,4-10H2,1-3H3/t11-,13?,15+/m0/s1. The lowest BCUT2D eigenvalue weighted by Gasteiger charge is -2.45. The SMILES string of the molecule is CC1(C)C(NC2CCSCC2)[C@]2(C)CC[C@H]1C2. The predicted molar refractivity (Wildman–Crippen MR) is 76.5 cm³/mol. The van der Waals surface area contributed by atoms with Crippen molar-refractivity contribution in [1.29, 1.82) is 0 Å². The molecule has 1 aliphatic heterocycles. The molecular weight excluding hydrogens is 226 g/mol. The molecule has 2 heteroatoms. The Balaban J connectivity index is 1.73. The van der Waals surface area contributed by atoms with Gasteiger partial charge in [-0.3, -0.25) is 0 Å². The summed E-state index contributed by atoms with van der Waals surface area (Å²) in [5.74, 6) is 3.71. The third-order valence-corrected chi connectivity index (χ3v) is 6.94. The van der Waals surface area contributed by atoms with Gasteiger partial charge < -0.3 is 5.32 Å². The highest BCUT2D eigenvalue weighted by Crippen LogP contribution is 2.62. The Hall–Kier alpha value is 0.310. The molecule has 0 aromatic heterocycles. The predicted octanol–water partition coefficient (Wildman–Crippen LogP) is 3.69. The normalized spacial score (nSPS) is 45.4. The molecule has 0 amide bonds. The molecule has 1 N–H and O–H groups in total. The van der Waals surface area contributed by atoms with Crippen molar-refractivity contribution in [1.82, 2.24) is 5.32 Å². The van der Waals surface area contributed by atoms with Crippen molar-refractivity contribution >= 4 is 11.8 Å². The third kappa shape index (κ3) is 1.96. The van der Waals surface area contributed by atoms with Crippen LogP contribution in [-0.2, 0) is 0 Å². The molecule has 1 heterocycles. The molecule has 1 saturated heterocycles. The zero-order valence-corrected chi connectivity index (χ0v) is 12.4. The Morgan fingerprint density at radius 3 is 2.35 bits per heavy atom. The molecule has 98 valence electrons. The summed E-state index contributed by atoms with van der Waals surface area (Å²) >= 11 is 2.13. The van der Waals surface area contributed by atoms with E-state index in [4.69, 9.17) is 0 Å². The highest BCUT2D eigenvalue weighted by molar-refractivity contribution is 7.99. The summed E-state index contributed by atoms with van der Waals surface area (Å²) in [6, 6.07) is 1.57. The van der Waals surface area contributed by atoms with Crippen LogP contribution in [0.5, 0.6) is 0 Å². The zero-order valence-electron chi connectivity index (χ0n) is 11.6. The first-order valence-corrected chi connectivity index (χ1v) is 8.52. The van der Waals surface area contributed by atoms with Gasteiger partial charge in [-0.2, -0.15) is 11.8 Å². The maximum absolute atomic E-state index is 4.07. The second kappa shape index (κ2) is 4.16. The molecule has 0 aromatic carbocycles. The molecule has 3 aliphatic rings. The van der Waals surface area contributed by atoms with E-state index in [1.54, 1.807) is 0 Å². The van der Waals surface area contributed by atoms with Gasteiger partial charge in [0.15, 0.2) is 0 Å². The van der Waals surface area contributed by atoms with Gasteiger partial charge in [0.25, 0.3) is 0 Å². The number of rotatable bonds is 2. The first-order valence-electron chi connectivity index (χ1n) is 7.36. The van der Waals surface area contributed by atoms with E-state index in [1.807, 2.05) is 0 Å². The quantitative estimate of drug-likeness (QED) is 0.805. The lowest BCUT2D eigenvalue weighted by molar-refractivity contribution is 0.0970. The van der Waals surface area contributed by atoms with Crippen molar-refractivity contribution in [3.63, 3.8) is 0 Å². The second-order valence-electron chi connectivity index (χ2n) is 7.40. The number of fused-ring (bicyclic) bond motifs is 2. The Kier molecular flexibility index (Phi) is 3.02. The molecule has 17 heavy (non-hydrogen) atoms. The van der Waals surface area contributed by atoms with E-state index in [2.05, 4.69) is 37.8 Å². The number of nitrogens with one attached hydrogen (secondary N) is 1. The molecule has 3 fully saturated rings. The van der Waals surface area contributed by atoms with Gasteiger partial charge in [0, 0.05) is 12.1 Å². The van der Waals surface area contributed by atoms with Crippen LogP contribution in [0.25, 0.3) is 0 Å². The van der Waals surface area contributed by atoms with E-state index in [1.165, 1.54) is 43.6 Å². The molecule has 2 bridgehead atoms. The van der Waals surface area contributed by atoms with Gasteiger partial charge >= 0.3 is 0 Å². The molecular formula is C15H27NS. The number of thioether (sulfide) groups is 1. The van der Waals surface area contributed by atoms with Crippen molar-refractivity contribution in [2.45, 2.75) is 65.0 Å². The van der Waals surface area contributed by atoms with E-state index in [-0.39, 0.29) is 0 Å². The zero-order chi connectivity index (χ0) is 12.1. The van der Waals surface area contributed by atoms with E-state index in [0.29, 0.717) is 10.8 Å². The Bertz CT molecular complexity index is 291. The summed E-state index contributed by atoms with van der Waals surface area (Å²) in [6.07, 6.45) is 7.18. The first-order chi connectivity index (χ1) is 8.02. The minimum Gasteiger partial charge on any atom is -0.310 e. The average molecular weight is 253 g/mol. The van der Waals surface area contributed by atoms with Gasteiger partial charge in [-0.15, -0.1) is 0 Å². The van der Waals surface area contributed by atoms with E-state index >= 15 is 0 Å². The van der Waals surface area contributed by atoms with Crippen LogP contribution in [0.15, 0.2) is 0 Å². The van der Waals surface area contributed by atoms with Gasteiger partial charge in [-0.1, -0.05) is 20.8 Å². The van der Waals surface area contributed by atoms with E-state index < -0.39 is 0 Å². The molecule has 0 aromatic rings. The van der Waals surface area contributed by atoms with Crippen LogP contribution < -0.4 is 5.32 Å². The summed E-state index contributed by atoms with van der Waals surface area (Å²) in [4.78, 5) is 0. The maximum Gasteiger partial charge on any atom is 0.0177 e. The monoisotopic (exact) mass is 253 g/mol. The summed E-state index contributed by atoms with van der Waals surface area (Å²) in [6.45, 7) is 7.56. The van der Waals surface area contributed by atoms with Gasteiger partial charge in [0.1, 0.15) is 0 Å². The van der Waals surface area contributed by atoms with Gasteiger partial charge in [-0.25, -0.2) is 0 Å². The fraction of sp³-hybridized carbons (Fsp3) is 1.00. The van der Waals surface area contributed by atoms with Crippen LogP contribution in [0, 0.1) is 16.7 Å². The van der Waals surface area contributed by atoms with Crippen molar-refractivity contribution in [3.8, 4) is 0 Å². The Labute approximate surface area is 111 Å². The molecule has 0 radical (unpaired) electrons. The van der Waals surface area contributed by atoms with Crippen LogP contribution >= 0.6 is 11.8 Å². The Morgan fingerprint density at radius 1 is 1.06 bits per heavy atom. The van der Waals surface area contributed by atoms with Gasteiger partial charge in [0.2, 0.25) is 0 Å². The molecule has 0 spiro atoms. The number of hydrogen-bond donors (Lipinski definition) is 1. The third-order valence-electron chi connectivity index (χ3n) is 5.89. The van der Waals surface area contributed by atoms with Crippen molar-refractivity contribution in [2.24, 2.45) is 16.7 Å². The van der Waals surface area contributed by atoms with Crippen LogP contribution in [0.4, 0.5) is 0 Å². The highest BCUT2D eigenvalue weighted by Gasteiger charge is 2.59. The van der Waals surface area contributed by atoms with Gasteiger partial charge in [-0.05, 0) is 60.4 Å². The lowest BCUT2D eigenvalue weighted by atomic mass is 9.68. The van der Waals surface area contributed by atoms with Crippen molar-refractivity contribution in [3.05, 3.63) is 0 Å². The number of hydrogen-bond acceptors (Lipinski definition) is 2. The molecule has 3 rings (SSSR count). The summed E-state index contributed by atoms with van der Waals surface area (Å²) in [5.41, 5.74) is 1.12. The first kappa shape index (κ1) is 12.3. The average Bonchev–Trinajstić information content (AvgIpc) is 2.77. The fourth-order valence-electron chi connectivity index (χ4n) is 4.82. The van der Waals surface area contributed by atoms with Crippen LogP contribution in [0.1, 0.15) is 52.9 Å². The van der Waals surface area contributed by atoms with Crippen molar-refractivity contribution < 1.29 is 0 Å². The van der Waals surface area contributed by atoms with Crippen LogP contribution in [-0.4, -0.2) is 23.6 Å². The van der Waals surface area contributed by atoms with Crippen molar-refractivity contribution in [2.75, 3.05) is 11.5 Å². The van der Waals surface area contributed by atoms with E-state index in [9.17, 15) is 0 Å². The molecule has 2 saturated carbocycles. The second-order valence-corrected chi connectivity index (χ2v) is 8.63. The summed E-state index contributed by atoms with van der Waals surface area (Å²) in [5, 5.41) is 4.07.